The van der Waals surface area contributed by atoms with Crippen LogP contribution in [-0.4, -0.2) is 7.11 Å². The Bertz CT molecular complexity index is 1010. The number of anilines is 1. The number of nitrogens with two attached hydrogens (primary N) is 1. The minimum absolute atomic E-state index is 0.658. The highest BCUT2D eigenvalue weighted by Gasteiger charge is 2.01. The van der Waals surface area contributed by atoms with Crippen molar-refractivity contribution < 1.29 is 4.74 Å². The Hall–Kier alpha value is -3.77. The van der Waals surface area contributed by atoms with Crippen molar-refractivity contribution in [1.82, 2.24) is 0 Å². The van der Waals surface area contributed by atoms with Gasteiger partial charge in [0, 0.05) is 11.3 Å². The van der Waals surface area contributed by atoms with Gasteiger partial charge in [0.05, 0.1) is 18.7 Å². The van der Waals surface area contributed by atoms with Gasteiger partial charge in [-0.2, -0.15) is 5.26 Å². The van der Waals surface area contributed by atoms with Crippen molar-refractivity contribution in [2.24, 2.45) is 0 Å². The third-order valence-corrected chi connectivity index (χ3v) is 4.16. The Balaban J connectivity index is 1.78. The number of hydrogen-bond acceptors (Lipinski definition) is 3. The number of nitrogens with zero attached hydrogens (tertiary/aromatic N) is 1. The van der Waals surface area contributed by atoms with Gasteiger partial charge in [0.15, 0.2) is 0 Å². The van der Waals surface area contributed by atoms with E-state index < -0.39 is 0 Å². The lowest BCUT2D eigenvalue weighted by Gasteiger charge is -2.06. The van der Waals surface area contributed by atoms with Crippen LogP contribution in [0.4, 0.5) is 5.69 Å². The fraction of sp³-hybridized carbons (Fsp3) is 0.0417. The number of nitriles is 1. The molecule has 3 nitrogen and oxygen atoms in total. The van der Waals surface area contributed by atoms with Crippen LogP contribution in [0.1, 0.15) is 27.8 Å². The van der Waals surface area contributed by atoms with Crippen molar-refractivity contribution in [3.05, 3.63) is 94.5 Å². The molecular formula is C24H20N2O. The zero-order chi connectivity index (χ0) is 19.1. The van der Waals surface area contributed by atoms with Crippen LogP contribution in [0, 0.1) is 11.3 Å². The molecule has 0 aliphatic carbocycles. The van der Waals surface area contributed by atoms with E-state index in [1.165, 1.54) is 0 Å². The largest absolute Gasteiger partial charge is 0.496 e. The lowest BCUT2D eigenvalue weighted by atomic mass is 10.1. The summed E-state index contributed by atoms with van der Waals surface area (Å²) >= 11 is 0. The Morgan fingerprint density at radius 3 is 1.96 bits per heavy atom. The maximum Gasteiger partial charge on any atom is 0.126 e. The molecule has 0 fully saturated rings. The van der Waals surface area contributed by atoms with E-state index in [2.05, 4.69) is 6.07 Å². The molecular weight excluding hydrogens is 332 g/mol. The molecule has 0 aliphatic heterocycles. The summed E-state index contributed by atoms with van der Waals surface area (Å²) in [6, 6.07) is 23.4. The summed E-state index contributed by atoms with van der Waals surface area (Å²) in [5, 5.41) is 8.86. The predicted octanol–water partition coefficient (Wildman–Crippen LogP) is 5.49. The molecule has 0 saturated carbocycles. The minimum atomic E-state index is 0.658. The third-order valence-electron chi connectivity index (χ3n) is 4.16. The quantitative estimate of drug-likeness (QED) is 0.488. The van der Waals surface area contributed by atoms with Crippen LogP contribution in [-0.2, 0) is 0 Å². The van der Waals surface area contributed by atoms with Crippen LogP contribution in [0.15, 0.2) is 66.7 Å². The predicted molar refractivity (Wildman–Crippen MR) is 113 cm³/mol. The summed E-state index contributed by atoms with van der Waals surface area (Å²) in [7, 11) is 1.67. The summed E-state index contributed by atoms with van der Waals surface area (Å²) in [5.74, 6) is 0.809. The van der Waals surface area contributed by atoms with Crippen LogP contribution in [0.3, 0.4) is 0 Å². The first-order valence-electron chi connectivity index (χ1n) is 8.58. The molecule has 0 aliphatic rings. The molecule has 2 N–H and O–H groups in total. The third kappa shape index (κ3) is 4.87. The number of methoxy groups -OCH3 is 1. The van der Waals surface area contributed by atoms with E-state index in [0.29, 0.717) is 5.56 Å². The van der Waals surface area contributed by atoms with Gasteiger partial charge >= 0.3 is 0 Å². The molecule has 3 aromatic rings. The van der Waals surface area contributed by atoms with Crippen molar-refractivity contribution in [3.8, 4) is 11.8 Å². The minimum Gasteiger partial charge on any atom is -0.496 e. The molecule has 3 aromatic carbocycles. The maximum absolute atomic E-state index is 8.86. The first kappa shape index (κ1) is 18.0. The van der Waals surface area contributed by atoms with E-state index in [0.717, 1.165) is 33.7 Å². The monoisotopic (exact) mass is 352 g/mol. The maximum atomic E-state index is 8.86. The molecule has 0 atom stereocenters. The number of rotatable bonds is 5. The van der Waals surface area contributed by atoms with Gasteiger partial charge in [0.1, 0.15) is 5.75 Å². The van der Waals surface area contributed by atoms with E-state index in [1.54, 1.807) is 7.11 Å². The van der Waals surface area contributed by atoms with Gasteiger partial charge in [-0.3, -0.25) is 0 Å². The molecule has 0 bridgehead atoms. The molecule has 0 aromatic heterocycles. The van der Waals surface area contributed by atoms with Gasteiger partial charge in [0.2, 0.25) is 0 Å². The van der Waals surface area contributed by atoms with Crippen LogP contribution in [0.2, 0.25) is 0 Å². The molecule has 0 unspecified atom stereocenters. The molecule has 0 spiro atoms. The number of hydrogen-bond donors (Lipinski definition) is 1. The fourth-order valence-corrected chi connectivity index (χ4v) is 2.62. The Morgan fingerprint density at radius 2 is 1.33 bits per heavy atom. The molecule has 3 rings (SSSR count). The van der Waals surface area contributed by atoms with Gasteiger partial charge in [-0.05, 0) is 47.0 Å². The normalized spacial score (nSPS) is 11.0. The standard InChI is InChI=1S/C24H20N2O/c1-27-24-16-20(5-2-18-3-6-21(17-25)7-4-18)9-13-22(24)12-8-19-10-14-23(26)15-11-19/h2-16H,26H2,1H3. The number of ether oxygens (including phenoxy) is 1. The molecule has 27 heavy (non-hydrogen) atoms. The summed E-state index contributed by atoms with van der Waals surface area (Å²) in [6.45, 7) is 0. The molecule has 0 amide bonds. The number of nitrogen functional groups attached to an aromatic ring is 1. The molecule has 132 valence electrons. The first-order valence-corrected chi connectivity index (χ1v) is 8.58. The highest BCUT2D eigenvalue weighted by molar-refractivity contribution is 5.76. The smallest absolute Gasteiger partial charge is 0.126 e. The fourth-order valence-electron chi connectivity index (χ4n) is 2.62. The van der Waals surface area contributed by atoms with Crippen molar-refractivity contribution >= 4 is 30.0 Å². The van der Waals surface area contributed by atoms with Gasteiger partial charge in [0.25, 0.3) is 0 Å². The topological polar surface area (TPSA) is 59.0 Å². The number of benzene rings is 3. The van der Waals surface area contributed by atoms with Crippen molar-refractivity contribution in [2.45, 2.75) is 0 Å². The van der Waals surface area contributed by atoms with E-state index in [-0.39, 0.29) is 0 Å². The average Bonchev–Trinajstić information content (AvgIpc) is 2.72. The van der Waals surface area contributed by atoms with Gasteiger partial charge in [-0.1, -0.05) is 60.7 Å². The van der Waals surface area contributed by atoms with Crippen molar-refractivity contribution in [1.29, 1.82) is 5.26 Å². The zero-order valence-corrected chi connectivity index (χ0v) is 15.1. The Morgan fingerprint density at radius 1 is 0.778 bits per heavy atom. The summed E-state index contributed by atoms with van der Waals surface area (Å²) in [5.41, 5.74) is 11.3. The molecule has 3 heteroatoms. The summed E-state index contributed by atoms with van der Waals surface area (Å²) in [6.07, 6.45) is 8.10. The first-order chi connectivity index (χ1) is 13.2. The van der Waals surface area contributed by atoms with E-state index in [4.69, 9.17) is 15.7 Å². The SMILES string of the molecule is COc1cc(C=Cc2ccc(C#N)cc2)ccc1C=Cc1ccc(N)cc1. The zero-order valence-electron chi connectivity index (χ0n) is 15.1. The van der Waals surface area contributed by atoms with Crippen LogP contribution < -0.4 is 10.5 Å². The summed E-state index contributed by atoms with van der Waals surface area (Å²) in [4.78, 5) is 0. The molecule has 0 heterocycles. The highest BCUT2D eigenvalue weighted by atomic mass is 16.5. The van der Waals surface area contributed by atoms with Crippen LogP contribution >= 0.6 is 0 Å². The highest BCUT2D eigenvalue weighted by Crippen LogP contribution is 2.24. The van der Waals surface area contributed by atoms with Crippen molar-refractivity contribution in [2.75, 3.05) is 12.8 Å². The van der Waals surface area contributed by atoms with Crippen LogP contribution in [0.5, 0.6) is 5.75 Å². The van der Waals surface area contributed by atoms with Gasteiger partial charge < -0.3 is 10.5 Å². The lowest BCUT2D eigenvalue weighted by molar-refractivity contribution is 0.414. The molecule has 0 saturated heterocycles. The van der Waals surface area contributed by atoms with E-state index in [1.807, 2.05) is 91.0 Å². The molecule has 0 radical (unpaired) electrons. The van der Waals surface area contributed by atoms with Gasteiger partial charge in [-0.15, -0.1) is 0 Å². The van der Waals surface area contributed by atoms with Crippen LogP contribution in [0.25, 0.3) is 24.3 Å². The second kappa shape index (κ2) is 8.55. The Kier molecular flexibility index (Phi) is 5.71. The second-order valence-electron chi connectivity index (χ2n) is 6.07. The second-order valence-corrected chi connectivity index (χ2v) is 6.07. The van der Waals surface area contributed by atoms with Crippen molar-refractivity contribution in [3.63, 3.8) is 0 Å². The lowest BCUT2D eigenvalue weighted by Crippen LogP contribution is -1.88. The van der Waals surface area contributed by atoms with E-state index >= 15 is 0 Å². The van der Waals surface area contributed by atoms with E-state index in [9.17, 15) is 0 Å². The average molecular weight is 352 g/mol. The Labute approximate surface area is 159 Å². The summed E-state index contributed by atoms with van der Waals surface area (Å²) < 4.78 is 5.53. The van der Waals surface area contributed by atoms with Gasteiger partial charge in [-0.25, -0.2) is 0 Å².